The number of hydrogen-bond donors (Lipinski definition) is 1. The normalized spacial score (nSPS) is 13.4. The van der Waals surface area contributed by atoms with Gasteiger partial charge in [-0.25, -0.2) is 4.39 Å². The Hall–Kier alpha value is -2.40. The zero-order valence-corrected chi connectivity index (χ0v) is 14.2. The van der Waals surface area contributed by atoms with E-state index >= 15 is 0 Å². The standard InChI is InChI=1S/C19H23FN2O2/c1-14(24-17-11-9-16(20)10-12-17)19(23)21-18(13-22(2)3)15-7-5-4-6-8-15/h4-12,14,18H,13H2,1-3H3,(H,21,23)/t14-,18-/m0/s1. The summed E-state index contributed by atoms with van der Waals surface area (Å²) in [4.78, 5) is 14.5. The Morgan fingerprint density at radius 3 is 2.33 bits per heavy atom. The number of halogens is 1. The van der Waals surface area contributed by atoms with Crippen molar-refractivity contribution in [1.82, 2.24) is 10.2 Å². The predicted octanol–water partition coefficient (Wildman–Crippen LogP) is 3.01. The molecule has 2 rings (SSSR count). The molecule has 5 heteroatoms. The average molecular weight is 330 g/mol. The van der Waals surface area contributed by atoms with E-state index in [4.69, 9.17) is 4.74 Å². The molecule has 2 aromatic carbocycles. The second-order valence-corrected chi connectivity index (χ2v) is 5.95. The van der Waals surface area contributed by atoms with Gasteiger partial charge in [0.2, 0.25) is 0 Å². The van der Waals surface area contributed by atoms with E-state index < -0.39 is 6.10 Å². The minimum Gasteiger partial charge on any atom is -0.481 e. The highest BCUT2D eigenvalue weighted by molar-refractivity contribution is 5.81. The topological polar surface area (TPSA) is 41.6 Å². The maximum atomic E-state index is 12.9. The summed E-state index contributed by atoms with van der Waals surface area (Å²) >= 11 is 0. The third-order valence-corrected chi connectivity index (χ3v) is 3.56. The second-order valence-electron chi connectivity index (χ2n) is 5.95. The number of carbonyl (C=O) groups is 1. The quantitative estimate of drug-likeness (QED) is 0.848. The fraction of sp³-hybridized carbons (Fsp3) is 0.316. The van der Waals surface area contributed by atoms with Gasteiger partial charge in [-0.1, -0.05) is 30.3 Å². The van der Waals surface area contributed by atoms with Gasteiger partial charge in [-0.15, -0.1) is 0 Å². The minimum absolute atomic E-state index is 0.132. The van der Waals surface area contributed by atoms with Crippen LogP contribution in [-0.4, -0.2) is 37.6 Å². The van der Waals surface area contributed by atoms with Crippen LogP contribution in [0.5, 0.6) is 5.75 Å². The van der Waals surface area contributed by atoms with Gasteiger partial charge in [0, 0.05) is 6.54 Å². The number of nitrogens with zero attached hydrogens (tertiary/aromatic N) is 1. The van der Waals surface area contributed by atoms with Crippen LogP contribution in [-0.2, 0) is 4.79 Å². The Morgan fingerprint density at radius 1 is 1.12 bits per heavy atom. The SMILES string of the molecule is C[C@H](Oc1ccc(F)cc1)C(=O)N[C@@H](CN(C)C)c1ccccc1. The van der Waals surface area contributed by atoms with Crippen LogP contribution in [0.3, 0.4) is 0 Å². The Bertz CT molecular complexity index is 644. The fourth-order valence-corrected chi connectivity index (χ4v) is 2.34. The molecule has 0 aliphatic rings. The van der Waals surface area contributed by atoms with Crippen molar-refractivity contribution in [3.05, 3.63) is 66.0 Å². The molecule has 0 unspecified atom stereocenters. The highest BCUT2D eigenvalue weighted by Gasteiger charge is 2.20. The van der Waals surface area contributed by atoms with Crippen LogP contribution in [0.25, 0.3) is 0 Å². The van der Waals surface area contributed by atoms with Crippen molar-refractivity contribution in [2.24, 2.45) is 0 Å². The summed E-state index contributed by atoms with van der Waals surface area (Å²) < 4.78 is 18.5. The number of benzene rings is 2. The van der Waals surface area contributed by atoms with Crippen LogP contribution in [0.4, 0.5) is 4.39 Å². The molecular weight excluding hydrogens is 307 g/mol. The van der Waals surface area contributed by atoms with Gasteiger partial charge >= 0.3 is 0 Å². The average Bonchev–Trinajstić information content (AvgIpc) is 2.56. The van der Waals surface area contributed by atoms with Gasteiger partial charge in [0.1, 0.15) is 11.6 Å². The lowest BCUT2D eigenvalue weighted by Crippen LogP contribution is -2.41. The largest absolute Gasteiger partial charge is 0.481 e. The Balaban J connectivity index is 2.02. The van der Waals surface area contributed by atoms with Crippen molar-refractivity contribution in [3.8, 4) is 5.75 Å². The van der Waals surface area contributed by atoms with Gasteiger partial charge in [0.05, 0.1) is 6.04 Å². The van der Waals surface area contributed by atoms with Crippen molar-refractivity contribution < 1.29 is 13.9 Å². The van der Waals surface area contributed by atoms with Crippen LogP contribution < -0.4 is 10.1 Å². The maximum Gasteiger partial charge on any atom is 0.261 e. The van der Waals surface area contributed by atoms with Crippen molar-refractivity contribution in [2.75, 3.05) is 20.6 Å². The van der Waals surface area contributed by atoms with E-state index in [1.807, 2.05) is 49.3 Å². The molecule has 0 saturated heterocycles. The first-order chi connectivity index (χ1) is 11.5. The maximum absolute atomic E-state index is 12.9. The van der Waals surface area contributed by atoms with Gasteiger partial charge in [0.15, 0.2) is 6.10 Å². The Labute approximate surface area is 142 Å². The molecule has 0 aromatic heterocycles. The van der Waals surface area contributed by atoms with Crippen molar-refractivity contribution in [3.63, 3.8) is 0 Å². The molecule has 0 bridgehead atoms. The number of likely N-dealkylation sites (N-methyl/N-ethyl adjacent to an activating group) is 1. The van der Waals surface area contributed by atoms with Crippen LogP contribution in [0.1, 0.15) is 18.5 Å². The second kappa shape index (κ2) is 8.45. The van der Waals surface area contributed by atoms with E-state index in [1.54, 1.807) is 6.92 Å². The smallest absolute Gasteiger partial charge is 0.261 e. The van der Waals surface area contributed by atoms with E-state index in [0.717, 1.165) is 5.56 Å². The van der Waals surface area contributed by atoms with E-state index in [9.17, 15) is 9.18 Å². The van der Waals surface area contributed by atoms with E-state index in [1.165, 1.54) is 24.3 Å². The third-order valence-electron chi connectivity index (χ3n) is 3.56. The molecule has 0 aliphatic heterocycles. The summed E-state index contributed by atoms with van der Waals surface area (Å²) in [5, 5.41) is 3.02. The summed E-state index contributed by atoms with van der Waals surface area (Å²) in [6.45, 7) is 2.36. The van der Waals surface area contributed by atoms with Gasteiger partial charge in [-0.2, -0.15) is 0 Å². The first-order valence-corrected chi connectivity index (χ1v) is 7.88. The molecule has 0 saturated carbocycles. The number of hydrogen-bond acceptors (Lipinski definition) is 3. The monoisotopic (exact) mass is 330 g/mol. The number of ether oxygens (including phenoxy) is 1. The summed E-state index contributed by atoms with van der Waals surface area (Å²) in [7, 11) is 3.92. The van der Waals surface area contributed by atoms with E-state index in [0.29, 0.717) is 12.3 Å². The Morgan fingerprint density at radius 2 is 1.75 bits per heavy atom. The highest BCUT2D eigenvalue weighted by Crippen LogP contribution is 2.16. The molecule has 1 N–H and O–H groups in total. The van der Waals surface area contributed by atoms with Crippen molar-refractivity contribution in [2.45, 2.75) is 19.1 Å². The van der Waals surface area contributed by atoms with Crippen molar-refractivity contribution in [1.29, 1.82) is 0 Å². The first-order valence-electron chi connectivity index (χ1n) is 7.88. The zero-order valence-electron chi connectivity index (χ0n) is 14.2. The molecule has 0 heterocycles. The molecule has 2 aromatic rings. The lowest BCUT2D eigenvalue weighted by atomic mass is 10.1. The van der Waals surface area contributed by atoms with Gasteiger partial charge in [-0.05, 0) is 50.8 Å². The van der Waals surface area contributed by atoms with Gasteiger partial charge < -0.3 is 15.0 Å². The van der Waals surface area contributed by atoms with Crippen molar-refractivity contribution >= 4 is 5.91 Å². The molecule has 0 aliphatic carbocycles. The molecular formula is C19H23FN2O2. The molecule has 0 fully saturated rings. The summed E-state index contributed by atoms with van der Waals surface area (Å²) in [6.07, 6.45) is -0.677. The first kappa shape index (κ1) is 17.9. The lowest BCUT2D eigenvalue weighted by molar-refractivity contribution is -0.128. The molecule has 1 amide bonds. The number of amides is 1. The number of nitrogens with one attached hydrogen (secondary N) is 1. The highest BCUT2D eigenvalue weighted by atomic mass is 19.1. The molecule has 128 valence electrons. The van der Waals surface area contributed by atoms with Crippen LogP contribution in [0.15, 0.2) is 54.6 Å². The molecule has 2 atom stereocenters. The summed E-state index contributed by atoms with van der Waals surface area (Å²) in [5.74, 6) is -0.0903. The third kappa shape index (κ3) is 5.35. The fourth-order valence-electron chi connectivity index (χ4n) is 2.34. The van der Waals surface area contributed by atoms with Gasteiger partial charge in [-0.3, -0.25) is 4.79 Å². The molecule has 24 heavy (non-hydrogen) atoms. The molecule has 4 nitrogen and oxygen atoms in total. The number of carbonyl (C=O) groups excluding carboxylic acids is 1. The van der Waals surface area contributed by atoms with Crippen LogP contribution >= 0.6 is 0 Å². The summed E-state index contributed by atoms with van der Waals surface area (Å²) in [6, 6.07) is 15.3. The van der Waals surface area contributed by atoms with Crippen LogP contribution in [0.2, 0.25) is 0 Å². The predicted molar refractivity (Wildman–Crippen MR) is 92.4 cm³/mol. The zero-order chi connectivity index (χ0) is 17.5. The molecule has 0 radical (unpaired) electrons. The summed E-state index contributed by atoms with van der Waals surface area (Å²) in [5.41, 5.74) is 1.04. The lowest BCUT2D eigenvalue weighted by Gasteiger charge is -2.24. The molecule has 0 spiro atoms. The van der Waals surface area contributed by atoms with Crippen LogP contribution in [0, 0.1) is 5.82 Å². The van der Waals surface area contributed by atoms with E-state index in [-0.39, 0.29) is 17.8 Å². The minimum atomic E-state index is -0.677. The van der Waals surface area contributed by atoms with Gasteiger partial charge in [0.25, 0.3) is 5.91 Å². The van der Waals surface area contributed by atoms with E-state index in [2.05, 4.69) is 5.32 Å². The Kier molecular flexibility index (Phi) is 6.32. The number of rotatable bonds is 7.